The van der Waals surface area contributed by atoms with E-state index >= 15 is 0 Å². The van der Waals surface area contributed by atoms with Crippen molar-refractivity contribution >= 4 is 5.91 Å². The largest absolute Gasteiger partial charge is 0.304 e. The summed E-state index contributed by atoms with van der Waals surface area (Å²) in [6.45, 7) is 5.45. The molecule has 0 rings (SSSR count). The number of unbranched alkanes of at least 4 members (excludes halogenated alkanes) is 1. The Bertz CT molecular complexity index is 161. The van der Waals surface area contributed by atoms with Crippen LogP contribution in [0.3, 0.4) is 0 Å². The summed E-state index contributed by atoms with van der Waals surface area (Å²) in [6.07, 6.45) is 3.66. The number of amides is 1. The first kappa shape index (κ1) is 13.4. The number of carbonyl (C=O) groups is 1. The van der Waals surface area contributed by atoms with Crippen LogP contribution in [0.1, 0.15) is 39.5 Å². The number of hydrazine groups is 1. The Kier molecular flexibility index (Phi) is 7.42. The van der Waals surface area contributed by atoms with E-state index in [0.29, 0.717) is 12.5 Å². The molecule has 0 aromatic carbocycles. The first-order valence-electron chi connectivity index (χ1n) is 5.31. The molecule has 84 valence electrons. The van der Waals surface area contributed by atoms with E-state index in [1.165, 1.54) is 6.42 Å². The highest BCUT2D eigenvalue weighted by Gasteiger charge is 2.06. The van der Waals surface area contributed by atoms with Crippen molar-refractivity contribution in [2.75, 3.05) is 13.6 Å². The van der Waals surface area contributed by atoms with E-state index in [1.807, 2.05) is 0 Å². The second kappa shape index (κ2) is 7.76. The van der Waals surface area contributed by atoms with Crippen LogP contribution in [-0.2, 0) is 4.79 Å². The van der Waals surface area contributed by atoms with Crippen molar-refractivity contribution in [1.29, 1.82) is 0 Å². The Hall–Kier alpha value is -0.610. The normalized spacial score (nSPS) is 12.9. The first-order valence-corrected chi connectivity index (χ1v) is 5.31. The van der Waals surface area contributed by atoms with E-state index in [0.717, 1.165) is 19.4 Å². The lowest BCUT2D eigenvalue weighted by atomic mass is 10.2. The number of hydrogen-bond donors (Lipinski definition) is 2. The van der Waals surface area contributed by atoms with Gasteiger partial charge in [0.25, 0.3) is 0 Å². The highest BCUT2D eigenvalue weighted by atomic mass is 16.2. The molecule has 4 heteroatoms. The fourth-order valence-electron chi connectivity index (χ4n) is 1.25. The van der Waals surface area contributed by atoms with E-state index in [4.69, 9.17) is 5.84 Å². The van der Waals surface area contributed by atoms with Gasteiger partial charge in [0.05, 0.1) is 0 Å². The van der Waals surface area contributed by atoms with Crippen molar-refractivity contribution in [2.45, 2.75) is 45.6 Å². The van der Waals surface area contributed by atoms with E-state index in [1.54, 1.807) is 0 Å². The molecule has 0 fully saturated rings. The fraction of sp³-hybridized carbons (Fsp3) is 0.900. The maximum absolute atomic E-state index is 10.8. The summed E-state index contributed by atoms with van der Waals surface area (Å²) in [5.41, 5.74) is 2.13. The van der Waals surface area contributed by atoms with Gasteiger partial charge in [-0.2, -0.15) is 0 Å². The SMILES string of the molecule is CCC(C)N(C)CCCCC(=O)NN. The summed E-state index contributed by atoms with van der Waals surface area (Å²) >= 11 is 0. The number of carbonyl (C=O) groups excluding carboxylic acids is 1. The van der Waals surface area contributed by atoms with Crippen LogP contribution in [-0.4, -0.2) is 30.4 Å². The van der Waals surface area contributed by atoms with Gasteiger partial charge in [0.2, 0.25) is 5.91 Å². The van der Waals surface area contributed by atoms with Gasteiger partial charge < -0.3 is 4.90 Å². The molecule has 1 unspecified atom stereocenters. The zero-order valence-electron chi connectivity index (χ0n) is 9.55. The molecule has 0 saturated heterocycles. The summed E-state index contributed by atoms with van der Waals surface area (Å²) in [6, 6.07) is 0.623. The molecule has 0 saturated carbocycles. The standard InChI is InChI=1S/C10H23N3O/c1-4-9(2)13(3)8-6-5-7-10(14)12-11/h9H,4-8,11H2,1-3H3,(H,12,14). The molecule has 0 aliphatic rings. The van der Waals surface area contributed by atoms with Crippen LogP contribution in [0, 0.1) is 0 Å². The molecule has 0 radical (unpaired) electrons. The van der Waals surface area contributed by atoms with Crippen LogP contribution >= 0.6 is 0 Å². The summed E-state index contributed by atoms with van der Waals surface area (Å²) in [7, 11) is 2.12. The zero-order valence-corrected chi connectivity index (χ0v) is 9.55. The number of nitrogens with two attached hydrogens (primary N) is 1. The third-order valence-corrected chi connectivity index (χ3v) is 2.67. The van der Waals surface area contributed by atoms with Crippen molar-refractivity contribution in [3.05, 3.63) is 0 Å². The highest BCUT2D eigenvalue weighted by molar-refractivity contribution is 5.74. The number of hydrogen-bond acceptors (Lipinski definition) is 3. The van der Waals surface area contributed by atoms with E-state index in [2.05, 4.69) is 31.2 Å². The van der Waals surface area contributed by atoms with Crippen LogP contribution < -0.4 is 11.3 Å². The molecular weight excluding hydrogens is 178 g/mol. The Morgan fingerprint density at radius 2 is 2.14 bits per heavy atom. The molecule has 14 heavy (non-hydrogen) atoms. The highest BCUT2D eigenvalue weighted by Crippen LogP contribution is 2.03. The summed E-state index contributed by atoms with van der Waals surface area (Å²) < 4.78 is 0. The van der Waals surface area contributed by atoms with Crippen molar-refractivity contribution in [1.82, 2.24) is 10.3 Å². The maximum atomic E-state index is 10.8. The lowest BCUT2D eigenvalue weighted by Crippen LogP contribution is -2.31. The third kappa shape index (κ3) is 5.94. The second-order valence-corrected chi connectivity index (χ2v) is 3.76. The van der Waals surface area contributed by atoms with Crippen molar-refractivity contribution in [3.8, 4) is 0 Å². The Morgan fingerprint density at radius 3 is 2.64 bits per heavy atom. The molecule has 3 N–H and O–H groups in total. The van der Waals surface area contributed by atoms with Gasteiger partial charge in [-0.05, 0) is 39.8 Å². The molecular formula is C10H23N3O. The molecule has 0 spiro atoms. The van der Waals surface area contributed by atoms with Crippen molar-refractivity contribution in [2.24, 2.45) is 5.84 Å². The first-order chi connectivity index (χ1) is 6.61. The zero-order chi connectivity index (χ0) is 11.0. The molecule has 1 amide bonds. The van der Waals surface area contributed by atoms with Crippen LogP contribution in [0.2, 0.25) is 0 Å². The number of rotatable bonds is 7. The molecule has 4 nitrogen and oxygen atoms in total. The lowest BCUT2D eigenvalue weighted by Gasteiger charge is -2.23. The minimum atomic E-state index is -0.0730. The topological polar surface area (TPSA) is 58.4 Å². The van der Waals surface area contributed by atoms with Gasteiger partial charge >= 0.3 is 0 Å². The van der Waals surface area contributed by atoms with Crippen LogP contribution in [0.25, 0.3) is 0 Å². The molecule has 0 aliphatic carbocycles. The average Bonchev–Trinajstić information content (AvgIpc) is 2.22. The van der Waals surface area contributed by atoms with E-state index in [9.17, 15) is 4.79 Å². The quantitative estimate of drug-likeness (QED) is 0.278. The van der Waals surface area contributed by atoms with Gasteiger partial charge in [-0.1, -0.05) is 6.92 Å². The summed E-state index contributed by atoms with van der Waals surface area (Å²) in [4.78, 5) is 13.1. The Balaban J connectivity index is 3.40. The molecule has 0 aromatic heterocycles. The van der Waals surface area contributed by atoms with Crippen LogP contribution in [0.5, 0.6) is 0 Å². The van der Waals surface area contributed by atoms with Crippen molar-refractivity contribution in [3.63, 3.8) is 0 Å². The third-order valence-electron chi connectivity index (χ3n) is 2.67. The van der Waals surface area contributed by atoms with Crippen molar-refractivity contribution < 1.29 is 4.79 Å². The smallest absolute Gasteiger partial charge is 0.233 e. The average molecular weight is 201 g/mol. The van der Waals surface area contributed by atoms with Gasteiger partial charge in [0.1, 0.15) is 0 Å². The minimum absolute atomic E-state index is 0.0730. The molecule has 1 atom stereocenters. The monoisotopic (exact) mass is 201 g/mol. The van der Waals surface area contributed by atoms with Gasteiger partial charge in [-0.15, -0.1) is 0 Å². The van der Waals surface area contributed by atoms with Crippen LogP contribution in [0.15, 0.2) is 0 Å². The van der Waals surface area contributed by atoms with Gasteiger partial charge in [-0.3, -0.25) is 10.2 Å². The fourth-order valence-corrected chi connectivity index (χ4v) is 1.25. The second-order valence-electron chi connectivity index (χ2n) is 3.76. The van der Waals surface area contributed by atoms with Gasteiger partial charge in [0, 0.05) is 12.5 Å². The molecule has 0 heterocycles. The predicted octanol–water partition coefficient (Wildman–Crippen LogP) is 0.877. The Morgan fingerprint density at radius 1 is 1.50 bits per heavy atom. The summed E-state index contributed by atoms with van der Waals surface area (Å²) in [5.74, 6) is 4.90. The van der Waals surface area contributed by atoms with E-state index < -0.39 is 0 Å². The minimum Gasteiger partial charge on any atom is -0.304 e. The predicted molar refractivity (Wildman–Crippen MR) is 58.6 cm³/mol. The molecule has 0 aliphatic heterocycles. The lowest BCUT2D eigenvalue weighted by molar-refractivity contribution is -0.121. The maximum Gasteiger partial charge on any atom is 0.233 e. The molecule has 0 bridgehead atoms. The van der Waals surface area contributed by atoms with E-state index in [-0.39, 0.29) is 5.91 Å². The summed E-state index contributed by atoms with van der Waals surface area (Å²) in [5, 5.41) is 0. The Labute approximate surface area is 86.8 Å². The number of nitrogens with zero attached hydrogens (tertiary/aromatic N) is 1. The van der Waals surface area contributed by atoms with Gasteiger partial charge in [-0.25, -0.2) is 5.84 Å². The van der Waals surface area contributed by atoms with Gasteiger partial charge in [0.15, 0.2) is 0 Å². The van der Waals surface area contributed by atoms with Crippen LogP contribution in [0.4, 0.5) is 0 Å². The number of nitrogens with one attached hydrogen (secondary N) is 1. The molecule has 0 aromatic rings.